The van der Waals surface area contributed by atoms with Gasteiger partial charge in [-0.3, -0.25) is 9.59 Å². The van der Waals surface area contributed by atoms with Gasteiger partial charge in [0.25, 0.3) is 5.91 Å². The SMILES string of the molecule is COc1cc(C(=O)N2C(=O)CCc3cc(OCCCc4nnnn4CC4CCCCC4)ccc32)cc(OC)c1OC. The van der Waals surface area contributed by atoms with E-state index in [1.165, 1.54) is 58.3 Å². The molecular formula is C30H37N5O6. The van der Waals surface area contributed by atoms with Gasteiger partial charge in [-0.05, 0) is 77.9 Å². The molecule has 0 N–H and O–H groups in total. The number of hydrogen-bond acceptors (Lipinski definition) is 9. The van der Waals surface area contributed by atoms with Crippen LogP contribution in [0.2, 0.25) is 0 Å². The first-order valence-corrected chi connectivity index (χ1v) is 14.2. The molecule has 1 aliphatic carbocycles. The van der Waals surface area contributed by atoms with E-state index >= 15 is 0 Å². The van der Waals surface area contributed by atoms with E-state index < -0.39 is 5.91 Å². The summed E-state index contributed by atoms with van der Waals surface area (Å²) < 4.78 is 24.1. The molecule has 11 nitrogen and oxygen atoms in total. The van der Waals surface area contributed by atoms with Gasteiger partial charge in [-0.15, -0.1) is 5.10 Å². The minimum Gasteiger partial charge on any atom is -0.494 e. The summed E-state index contributed by atoms with van der Waals surface area (Å²) in [5, 5.41) is 12.3. The highest BCUT2D eigenvalue weighted by molar-refractivity contribution is 6.22. The van der Waals surface area contributed by atoms with E-state index in [0.717, 1.165) is 30.8 Å². The molecule has 218 valence electrons. The summed E-state index contributed by atoms with van der Waals surface area (Å²) in [5.74, 6) is 2.57. The summed E-state index contributed by atoms with van der Waals surface area (Å²) in [6.07, 6.45) is 8.66. The van der Waals surface area contributed by atoms with Crippen molar-refractivity contribution in [2.75, 3.05) is 32.8 Å². The number of anilines is 1. The fourth-order valence-corrected chi connectivity index (χ4v) is 5.69. The van der Waals surface area contributed by atoms with E-state index in [2.05, 4.69) is 15.5 Å². The number of benzene rings is 2. The Morgan fingerprint density at radius 1 is 0.976 bits per heavy atom. The molecule has 1 aliphatic heterocycles. The molecule has 41 heavy (non-hydrogen) atoms. The van der Waals surface area contributed by atoms with Gasteiger partial charge in [0, 0.05) is 24.9 Å². The first-order valence-electron chi connectivity index (χ1n) is 14.2. The Labute approximate surface area is 239 Å². The van der Waals surface area contributed by atoms with Crippen LogP contribution < -0.4 is 23.8 Å². The fourth-order valence-electron chi connectivity index (χ4n) is 5.69. The summed E-state index contributed by atoms with van der Waals surface area (Å²) in [4.78, 5) is 27.7. The highest BCUT2D eigenvalue weighted by Gasteiger charge is 2.32. The van der Waals surface area contributed by atoms with Crippen molar-refractivity contribution in [2.24, 2.45) is 5.92 Å². The number of hydrogen-bond donors (Lipinski definition) is 0. The number of rotatable bonds is 11. The Bertz CT molecular complexity index is 1360. The van der Waals surface area contributed by atoms with Crippen molar-refractivity contribution in [3.8, 4) is 23.0 Å². The fraction of sp³-hybridized carbons (Fsp3) is 0.500. The maximum Gasteiger partial charge on any atom is 0.265 e. The number of aryl methyl sites for hydroxylation is 2. The lowest BCUT2D eigenvalue weighted by Crippen LogP contribution is -2.40. The second kappa shape index (κ2) is 13.0. The van der Waals surface area contributed by atoms with Gasteiger partial charge in [-0.1, -0.05) is 19.3 Å². The van der Waals surface area contributed by atoms with Gasteiger partial charge in [-0.2, -0.15) is 0 Å². The predicted molar refractivity (Wildman–Crippen MR) is 151 cm³/mol. The zero-order chi connectivity index (χ0) is 28.8. The zero-order valence-electron chi connectivity index (χ0n) is 23.9. The molecule has 2 aliphatic rings. The van der Waals surface area contributed by atoms with E-state index in [0.29, 0.717) is 47.6 Å². The summed E-state index contributed by atoms with van der Waals surface area (Å²) in [5.41, 5.74) is 1.68. The zero-order valence-corrected chi connectivity index (χ0v) is 23.9. The van der Waals surface area contributed by atoms with E-state index in [1.54, 1.807) is 24.3 Å². The Morgan fingerprint density at radius 2 is 1.73 bits per heavy atom. The minimum absolute atomic E-state index is 0.219. The molecule has 1 saturated carbocycles. The van der Waals surface area contributed by atoms with Crippen LogP contribution in [-0.4, -0.2) is 60.0 Å². The van der Waals surface area contributed by atoms with Crippen molar-refractivity contribution in [3.63, 3.8) is 0 Å². The van der Waals surface area contributed by atoms with E-state index in [4.69, 9.17) is 18.9 Å². The average Bonchev–Trinajstić information content (AvgIpc) is 3.45. The molecule has 1 aromatic heterocycles. The number of tetrazole rings is 1. The van der Waals surface area contributed by atoms with Crippen molar-refractivity contribution in [3.05, 3.63) is 47.3 Å². The highest BCUT2D eigenvalue weighted by Crippen LogP contribution is 2.40. The van der Waals surface area contributed by atoms with Crippen LogP contribution in [-0.2, 0) is 24.2 Å². The number of fused-ring (bicyclic) bond motifs is 1. The molecule has 1 fully saturated rings. The lowest BCUT2D eigenvalue weighted by Gasteiger charge is -2.28. The molecule has 5 rings (SSSR count). The maximum atomic E-state index is 13.6. The van der Waals surface area contributed by atoms with E-state index in [1.807, 2.05) is 10.7 Å². The number of carbonyl (C=O) groups is 2. The van der Waals surface area contributed by atoms with Gasteiger partial charge in [0.05, 0.1) is 33.6 Å². The van der Waals surface area contributed by atoms with Crippen molar-refractivity contribution in [1.29, 1.82) is 0 Å². The van der Waals surface area contributed by atoms with E-state index in [-0.39, 0.29) is 17.9 Å². The molecule has 3 aromatic rings. The Kier molecular flexibility index (Phi) is 9.01. The van der Waals surface area contributed by atoms with Gasteiger partial charge in [0.15, 0.2) is 17.3 Å². The first-order chi connectivity index (χ1) is 20.0. The van der Waals surface area contributed by atoms with Crippen LogP contribution >= 0.6 is 0 Å². The molecule has 11 heteroatoms. The molecule has 0 atom stereocenters. The lowest BCUT2D eigenvalue weighted by atomic mass is 9.89. The second-order valence-electron chi connectivity index (χ2n) is 10.5. The average molecular weight is 564 g/mol. The summed E-state index contributed by atoms with van der Waals surface area (Å²) >= 11 is 0. The first kappa shape index (κ1) is 28.4. The molecular weight excluding hydrogens is 526 g/mol. The van der Waals surface area contributed by atoms with Crippen LogP contribution in [0.4, 0.5) is 5.69 Å². The Morgan fingerprint density at radius 3 is 2.44 bits per heavy atom. The number of ether oxygens (including phenoxy) is 4. The minimum atomic E-state index is -0.463. The highest BCUT2D eigenvalue weighted by atomic mass is 16.5. The predicted octanol–water partition coefficient (Wildman–Crippen LogP) is 4.41. The molecule has 2 heterocycles. The maximum absolute atomic E-state index is 13.6. The van der Waals surface area contributed by atoms with Crippen LogP contribution in [0.3, 0.4) is 0 Å². The lowest BCUT2D eigenvalue weighted by molar-refractivity contribution is -0.118. The van der Waals surface area contributed by atoms with Crippen LogP contribution in [0.25, 0.3) is 0 Å². The van der Waals surface area contributed by atoms with Crippen LogP contribution in [0.1, 0.15) is 66.7 Å². The van der Waals surface area contributed by atoms with Gasteiger partial charge in [-0.25, -0.2) is 9.58 Å². The van der Waals surface area contributed by atoms with Gasteiger partial charge in [0.2, 0.25) is 11.7 Å². The van der Waals surface area contributed by atoms with Crippen molar-refractivity contribution in [1.82, 2.24) is 20.2 Å². The number of aromatic nitrogens is 4. The number of carbonyl (C=O) groups excluding carboxylic acids is 2. The molecule has 2 aromatic carbocycles. The monoisotopic (exact) mass is 563 g/mol. The quantitative estimate of drug-likeness (QED) is 0.247. The number of amides is 2. The van der Waals surface area contributed by atoms with Gasteiger partial charge < -0.3 is 18.9 Å². The largest absolute Gasteiger partial charge is 0.494 e. The molecule has 0 unspecified atom stereocenters. The van der Waals surface area contributed by atoms with Crippen molar-refractivity contribution < 1.29 is 28.5 Å². The smallest absolute Gasteiger partial charge is 0.265 e. The Balaban J connectivity index is 1.23. The van der Waals surface area contributed by atoms with Crippen molar-refractivity contribution >= 4 is 17.5 Å². The molecule has 0 saturated heterocycles. The summed E-state index contributed by atoms with van der Waals surface area (Å²) in [7, 11) is 4.45. The number of nitrogens with zero attached hydrogens (tertiary/aromatic N) is 5. The standard InChI is InChI=1S/C30H37N5O6/c1-38-25-17-22(18-26(39-2)29(25)40-3)30(37)35-24-13-12-23(16-21(24)11-14-28(35)36)41-15-7-10-27-31-32-33-34(27)19-20-8-5-4-6-9-20/h12-13,16-18,20H,4-11,14-15,19H2,1-3H3. The normalized spacial score (nSPS) is 15.4. The second-order valence-corrected chi connectivity index (χ2v) is 10.5. The summed E-state index contributed by atoms with van der Waals surface area (Å²) in [6, 6.07) is 8.56. The van der Waals surface area contributed by atoms with E-state index in [9.17, 15) is 9.59 Å². The van der Waals surface area contributed by atoms with Gasteiger partial charge in [0.1, 0.15) is 5.75 Å². The molecule has 0 radical (unpaired) electrons. The third-order valence-electron chi connectivity index (χ3n) is 7.84. The third-order valence-corrected chi connectivity index (χ3v) is 7.84. The van der Waals surface area contributed by atoms with Crippen LogP contribution in [0.5, 0.6) is 23.0 Å². The van der Waals surface area contributed by atoms with Crippen molar-refractivity contribution in [2.45, 2.75) is 64.3 Å². The number of imide groups is 1. The van der Waals surface area contributed by atoms with Gasteiger partial charge >= 0.3 is 0 Å². The topological polar surface area (TPSA) is 118 Å². The third kappa shape index (κ3) is 6.28. The summed E-state index contributed by atoms with van der Waals surface area (Å²) in [6.45, 7) is 1.39. The Hall–Kier alpha value is -4.15. The molecule has 0 bridgehead atoms. The van der Waals surface area contributed by atoms with Crippen LogP contribution in [0, 0.1) is 5.92 Å². The molecule has 2 amide bonds. The number of methoxy groups -OCH3 is 3. The van der Waals surface area contributed by atoms with Crippen LogP contribution in [0.15, 0.2) is 30.3 Å². The molecule has 0 spiro atoms.